The van der Waals surface area contributed by atoms with Crippen LogP contribution in [0.1, 0.15) is 24.8 Å². The van der Waals surface area contributed by atoms with E-state index >= 15 is 0 Å². The van der Waals surface area contributed by atoms with Crippen molar-refractivity contribution in [1.29, 1.82) is 0 Å². The maximum absolute atomic E-state index is 12.0. The lowest BCUT2D eigenvalue weighted by Crippen LogP contribution is -2.47. The van der Waals surface area contributed by atoms with Gasteiger partial charge in [-0.1, -0.05) is 30.3 Å². The number of nitrogens with two attached hydrogens (primary N) is 1. The number of amides is 3. The number of benzene rings is 1. The molecule has 1 aliphatic rings. The molecule has 0 aliphatic carbocycles. The standard InChI is InChI=1S/C17H23N3O3/c18-15(21)11-19-17(23)14-8-9-16(22)20(12-14)10-4-7-13-5-2-1-3-6-13/h1-3,5-6,14H,4,7-12H2,(H2,18,21)(H,19,23)/t14-/m0/s1. The van der Waals surface area contributed by atoms with Crippen molar-refractivity contribution in [2.24, 2.45) is 11.7 Å². The Morgan fingerprint density at radius 1 is 1.26 bits per heavy atom. The van der Waals surface area contributed by atoms with E-state index in [2.05, 4.69) is 17.4 Å². The molecular formula is C17H23N3O3. The van der Waals surface area contributed by atoms with Gasteiger partial charge in [-0.25, -0.2) is 0 Å². The molecule has 0 saturated carbocycles. The minimum atomic E-state index is -0.565. The first-order chi connectivity index (χ1) is 11.1. The highest BCUT2D eigenvalue weighted by molar-refractivity contribution is 5.87. The fourth-order valence-electron chi connectivity index (χ4n) is 2.78. The number of nitrogens with zero attached hydrogens (tertiary/aromatic N) is 1. The predicted octanol–water partition coefficient (Wildman–Crippen LogP) is 0.459. The number of hydrogen-bond donors (Lipinski definition) is 2. The van der Waals surface area contributed by atoms with Gasteiger partial charge < -0.3 is 16.0 Å². The van der Waals surface area contributed by atoms with Crippen molar-refractivity contribution in [1.82, 2.24) is 10.2 Å². The Balaban J connectivity index is 1.79. The molecule has 1 aromatic rings. The van der Waals surface area contributed by atoms with E-state index in [0.717, 1.165) is 12.8 Å². The van der Waals surface area contributed by atoms with Crippen molar-refractivity contribution >= 4 is 17.7 Å². The molecular weight excluding hydrogens is 294 g/mol. The van der Waals surface area contributed by atoms with Crippen LogP contribution in [0.25, 0.3) is 0 Å². The van der Waals surface area contributed by atoms with E-state index < -0.39 is 5.91 Å². The summed E-state index contributed by atoms with van der Waals surface area (Å²) in [5, 5.41) is 2.52. The minimum absolute atomic E-state index is 0.0945. The van der Waals surface area contributed by atoms with Gasteiger partial charge >= 0.3 is 0 Å². The van der Waals surface area contributed by atoms with Crippen molar-refractivity contribution in [3.8, 4) is 0 Å². The molecule has 6 heteroatoms. The molecule has 124 valence electrons. The molecule has 1 saturated heterocycles. The van der Waals surface area contributed by atoms with E-state index in [4.69, 9.17) is 5.73 Å². The molecule has 0 aromatic heterocycles. The summed E-state index contributed by atoms with van der Waals surface area (Å²) >= 11 is 0. The van der Waals surface area contributed by atoms with Gasteiger partial charge in [0.1, 0.15) is 0 Å². The Morgan fingerprint density at radius 2 is 2.00 bits per heavy atom. The molecule has 1 atom stereocenters. The lowest BCUT2D eigenvalue weighted by Gasteiger charge is -2.32. The second-order valence-electron chi connectivity index (χ2n) is 5.85. The van der Waals surface area contributed by atoms with Crippen molar-refractivity contribution in [2.75, 3.05) is 19.6 Å². The molecule has 1 aliphatic heterocycles. The molecule has 0 unspecified atom stereocenters. The summed E-state index contributed by atoms with van der Waals surface area (Å²) in [6, 6.07) is 10.1. The Morgan fingerprint density at radius 3 is 2.70 bits per heavy atom. The van der Waals surface area contributed by atoms with E-state index in [9.17, 15) is 14.4 Å². The Bertz CT molecular complexity index is 559. The van der Waals surface area contributed by atoms with Gasteiger partial charge in [-0.2, -0.15) is 0 Å². The van der Waals surface area contributed by atoms with Gasteiger partial charge in [0.05, 0.1) is 12.5 Å². The zero-order valence-corrected chi connectivity index (χ0v) is 13.2. The van der Waals surface area contributed by atoms with Gasteiger partial charge in [-0.15, -0.1) is 0 Å². The van der Waals surface area contributed by atoms with Crippen LogP contribution in [-0.2, 0) is 20.8 Å². The van der Waals surface area contributed by atoms with Crippen LogP contribution in [0.5, 0.6) is 0 Å². The number of nitrogens with one attached hydrogen (secondary N) is 1. The van der Waals surface area contributed by atoms with Crippen LogP contribution in [-0.4, -0.2) is 42.3 Å². The number of likely N-dealkylation sites (tertiary alicyclic amines) is 1. The molecule has 2 rings (SSSR count). The summed E-state index contributed by atoms with van der Waals surface area (Å²) in [7, 11) is 0. The summed E-state index contributed by atoms with van der Waals surface area (Å²) in [6.45, 7) is 0.906. The summed E-state index contributed by atoms with van der Waals surface area (Å²) in [5.41, 5.74) is 6.27. The summed E-state index contributed by atoms with van der Waals surface area (Å²) in [4.78, 5) is 36.5. The number of piperidine rings is 1. The van der Waals surface area contributed by atoms with E-state index in [0.29, 0.717) is 25.9 Å². The Hall–Kier alpha value is -2.37. The number of carbonyl (C=O) groups excluding carboxylic acids is 3. The summed E-state index contributed by atoms with van der Waals surface area (Å²) in [6.07, 6.45) is 2.67. The quantitative estimate of drug-likeness (QED) is 0.765. The predicted molar refractivity (Wildman–Crippen MR) is 86.3 cm³/mol. The molecule has 1 heterocycles. The van der Waals surface area contributed by atoms with Crippen LogP contribution in [0.2, 0.25) is 0 Å². The number of carbonyl (C=O) groups is 3. The van der Waals surface area contributed by atoms with Gasteiger partial charge in [0.25, 0.3) is 0 Å². The molecule has 3 N–H and O–H groups in total. The molecule has 23 heavy (non-hydrogen) atoms. The van der Waals surface area contributed by atoms with Crippen LogP contribution < -0.4 is 11.1 Å². The number of rotatable bonds is 7. The fourth-order valence-corrected chi connectivity index (χ4v) is 2.78. The van der Waals surface area contributed by atoms with Crippen LogP contribution in [0.4, 0.5) is 0 Å². The highest BCUT2D eigenvalue weighted by atomic mass is 16.2. The van der Waals surface area contributed by atoms with Crippen LogP contribution in [0, 0.1) is 5.92 Å². The first-order valence-corrected chi connectivity index (χ1v) is 7.94. The molecule has 1 fully saturated rings. The third-order valence-corrected chi connectivity index (χ3v) is 4.04. The van der Waals surface area contributed by atoms with Gasteiger partial charge in [-0.3, -0.25) is 14.4 Å². The SMILES string of the molecule is NC(=O)CNC(=O)[C@H]1CCC(=O)N(CCCc2ccccc2)C1. The average molecular weight is 317 g/mol. The molecule has 1 aromatic carbocycles. The van der Waals surface area contributed by atoms with E-state index in [1.54, 1.807) is 4.90 Å². The normalized spacial score (nSPS) is 17.8. The van der Waals surface area contributed by atoms with Crippen LogP contribution >= 0.6 is 0 Å². The van der Waals surface area contributed by atoms with E-state index in [-0.39, 0.29) is 24.3 Å². The summed E-state index contributed by atoms with van der Waals surface area (Å²) < 4.78 is 0. The lowest BCUT2D eigenvalue weighted by molar-refractivity contribution is -0.138. The second-order valence-corrected chi connectivity index (χ2v) is 5.85. The van der Waals surface area contributed by atoms with Gasteiger partial charge in [0, 0.05) is 19.5 Å². The highest BCUT2D eigenvalue weighted by Crippen LogP contribution is 2.18. The summed E-state index contributed by atoms with van der Waals surface area (Å²) in [5.74, 6) is -0.935. The van der Waals surface area contributed by atoms with Crippen molar-refractivity contribution in [3.63, 3.8) is 0 Å². The molecule has 0 spiro atoms. The average Bonchev–Trinajstić information content (AvgIpc) is 2.55. The Kier molecular flexibility index (Phi) is 6.14. The number of hydrogen-bond acceptors (Lipinski definition) is 3. The fraction of sp³-hybridized carbons (Fsp3) is 0.471. The second kappa shape index (κ2) is 8.31. The lowest BCUT2D eigenvalue weighted by atomic mass is 9.96. The molecule has 0 bridgehead atoms. The van der Waals surface area contributed by atoms with Crippen molar-refractivity contribution in [2.45, 2.75) is 25.7 Å². The topological polar surface area (TPSA) is 92.5 Å². The maximum Gasteiger partial charge on any atom is 0.236 e. The third-order valence-electron chi connectivity index (χ3n) is 4.04. The zero-order valence-electron chi connectivity index (χ0n) is 13.2. The molecule has 0 radical (unpaired) electrons. The highest BCUT2D eigenvalue weighted by Gasteiger charge is 2.29. The smallest absolute Gasteiger partial charge is 0.236 e. The Labute approximate surface area is 136 Å². The van der Waals surface area contributed by atoms with Gasteiger partial charge in [-0.05, 0) is 24.8 Å². The van der Waals surface area contributed by atoms with E-state index in [1.165, 1.54) is 5.56 Å². The number of aryl methyl sites for hydroxylation is 1. The molecule has 6 nitrogen and oxygen atoms in total. The van der Waals surface area contributed by atoms with Gasteiger partial charge in [0.15, 0.2) is 0 Å². The third kappa shape index (κ3) is 5.39. The van der Waals surface area contributed by atoms with Gasteiger partial charge in [0.2, 0.25) is 17.7 Å². The largest absolute Gasteiger partial charge is 0.368 e. The van der Waals surface area contributed by atoms with Crippen LogP contribution in [0.3, 0.4) is 0 Å². The van der Waals surface area contributed by atoms with Crippen LogP contribution in [0.15, 0.2) is 30.3 Å². The van der Waals surface area contributed by atoms with Crippen molar-refractivity contribution < 1.29 is 14.4 Å². The first kappa shape index (κ1) is 17.0. The molecule has 3 amide bonds. The minimum Gasteiger partial charge on any atom is -0.368 e. The van der Waals surface area contributed by atoms with E-state index in [1.807, 2.05) is 18.2 Å². The first-order valence-electron chi connectivity index (χ1n) is 7.94. The van der Waals surface area contributed by atoms with Crippen molar-refractivity contribution in [3.05, 3.63) is 35.9 Å². The maximum atomic E-state index is 12.0. The zero-order chi connectivity index (χ0) is 16.7. The number of primary amides is 1. The monoisotopic (exact) mass is 317 g/mol.